The van der Waals surface area contributed by atoms with Crippen molar-refractivity contribution in [2.45, 2.75) is 26.0 Å². The minimum Gasteiger partial charge on any atom is -0.282 e. The molecular weight excluding hydrogens is 102 g/mol. The van der Waals surface area contributed by atoms with Crippen LogP contribution in [0.25, 0.3) is 0 Å². The molecule has 0 fully saturated rings. The van der Waals surface area contributed by atoms with Gasteiger partial charge in [0.15, 0.2) is 0 Å². The van der Waals surface area contributed by atoms with Gasteiger partial charge in [-0.15, -0.1) is 0 Å². The number of nitrogens with zero attached hydrogens (tertiary/aromatic N) is 1. The van der Waals surface area contributed by atoms with Crippen molar-refractivity contribution in [3.8, 4) is 0 Å². The lowest BCUT2D eigenvalue weighted by atomic mass is 10.3. The molecule has 2 nitrogen and oxygen atoms in total. The molecule has 0 aromatic rings. The van der Waals surface area contributed by atoms with Crippen molar-refractivity contribution < 1.29 is 5.11 Å². The molecule has 0 saturated heterocycles. The van der Waals surface area contributed by atoms with E-state index in [1.165, 1.54) is 0 Å². The first-order valence-electron chi connectivity index (χ1n) is 3.00. The third-order valence-corrected chi connectivity index (χ3v) is 1.11. The summed E-state index contributed by atoms with van der Waals surface area (Å²) < 4.78 is 0. The van der Waals surface area contributed by atoms with Gasteiger partial charge in [-0.1, -0.05) is 13.3 Å². The van der Waals surface area contributed by atoms with Crippen LogP contribution in [0.2, 0.25) is 0 Å². The van der Waals surface area contributed by atoms with Crippen LogP contribution in [0.4, 0.5) is 0 Å². The van der Waals surface area contributed by atoms with E-state index < -0.39 is 6.23 Å². The van der Waals surface area contributed by atoms with E-state index in [4.69, 9.17) is 0 Å². The highest BCUT2D eigenvalue weighted by molar-refractivity contribution is 4.47. The maximum absolute atomic E-state index is 10.8. The first-order chi connectivity index (χ1) is 3.68. The highest BCUT2D eigenvalue weighted by Gasteiger charge is 2.04. The third kappa shape index (κ3) is 2.99. The molecule has 0 N–H and O–H groups in total. The summed E-state index contributed by atoms with van der Waals surface area (Å²) in [7, 11) is 3.63. The fourth-order valence-corrected chi connectivity index (χ4v) is 0.505. The molecule has 0 aromatic carbocycles. The van der Waals surface area contributed by atoms with Gasteiger partial charge in [0, 0.05) is 0 Å². The van der Waals surface area contributed by atoms with Gasteiger partial charge < -0.3 is 0 Å². The molecule has 1 unspecified atom stereocenters. The molecule has 0 spiro atoms. The molecular formula is C6H14NO. The Bertz CT molecular complexity index is 54.5. The van der Waals surface area contributed by atoms with E-state index in [2.05, 4.69) is 0 Å². The summed E-state index contributed by atoms with van der Waals surface area (Å²) in [6, 6.07) is 0. The summed E-state index contributed by atoms with van der Waals surface area (Å²) in [6.07, 6.45) is 1.24. The lowest BCUT2D eigenvalue weighted by molar-refractivity contribution is -0.0263. The van der Waals surface area contributed by atoms with Gasteiger partial charge in [-0.05, 0) is 20.5 Å². The molecule has 0 rings (SSSR count). The van der Waals surface area contributed by atoms with Gasteiger partial charge in [0.05, 0.1) is 0 Å². The minimum atomic E-state index is -0.500. The summed E-state index contributed by atoms with van der Waals surface area (Å²) in [6.45, 7) is 2.02. The second-order valence-electron chi connectivity index (χ2n) is 2.21. The van der Waals surface area contributed by atoms with Crippen LogP contribution < -0.4 is 0 Å². The Morgan fingerprint density at radius 3 is 2.12 bits per heavy atom. The topological polar surface area (TPSA) is 23.1 Å². The van der Waals surface area contributed by atoms with E-state index in [-0.39, 0.29) is 0 Å². The molecule has 0 aliphatic rings. The van der Waals surface area contributed by atoms with Crippen LogP contribution in [0, 0.1) is 0 Å². The number of hydrogen-bond donors (Lipinski definition) is 0. The Morgan fingerprint density at radius 2 is 2.00 bits per heavy atom. The molecule has 49 valence electrons. The van der Waals surface area contributed by atoms with Crippen LogP contribution in [0.3, 0.4) is 0 Å². The van der Waals surface area contributed by atoms with E-state index in [0.717, 1.165) is 12.8 Å². The highest BCUT2D eigenvalue weighted by Crippen LogP contribution is 1.97. The van der Waals surface area contributed by atoms with Crippen LogP contribution >= 0.6 is 0 Å². The molecule has 0 amide bonds. The van der Waals surface area contributed by atoms with Gasteiger partial charge in [-0.25, -0.2) is 5.11 Å². The fourth-order valence-electron chi connectivity index (χ4n) is 0.505. The second kappa shape index (κ2) is 3.87. The lowest BCUT2D eigenvalue weighted by Gasteiger charge is -2.14. The fraction of sp³-hybridized carbons (Fsp3) is 1.00. The third-order valence-electron chi connectivity index (χ3n) is 1.11. The van der Waals surface area contributed by atoms with Crippen LogP contribution in [-0.2, 0) is 5.11 Å². The summed E-state index contributed by atoms with van der Waals surface area (Å²) in [5, 5.41) is 10.8. The van der Waals surface area contributed by atoms with Crippen molar-refractivity contribution in [2.24, 2.45) is 0 Å². The molecule has 2 heteroatoms. The summed E-state index contributed by atoms with van der Waals surface area (Å²) in [5.74, 6) is 0. The molecule has 8 heavy (non-hydrogen) atoms. The first kappa shape index (κ1) is 7.92. The van der Waals surface area contributed by atoms with Crippen molar-refractivity contribution in [1.82, 2.24) is 4.90 Å². The van der Waals surface area contributed by atoms with E-state index in [0.29, 0.717) is 0 Å². The van der Waals surface area contributed by atoms with Gasteiger partial charge in [0.2, 0.25) is 0 Å². The smallest absolute Gasteiger partial charge is 0.145 e. The van der Waals surface area contributed by atoms with E-state index in [1.807, 2.05) is 21.0 Å². The van der Waals surface area contributed by atoms with Crippen molar-refractivity contribution in [2.75, 3.05) is 14.1 Å². The maximum Gasteiger partial charge on any atom is 0.145 e. The van der Waals surface area contributed by atoms with Crippen LogP contribution in [0.5, 0.6) is 0 Å². The predicted octanol–water partition coefficient (Wildman–Crippen LogP) is 1.10. The molecule has 0 heterocycles. The number of rotatable bonds is 3. The molecule has 0 aliphatic heterocycles. The molecule has 1 radical (unpaired) electrons. The Hall–Kier alpha value is -0.0800. The standard InChI is InChI=1S/C6H14NO/c1-4-5-6(8)7(2)3/h6H,4-5H2,1-3H3. The van der Waals surface area contributed by atoms with E-state index in [9.17, 15) is 5.11 Å². The quantitative estimate of drug-likeness (QED) is 0.506. The Balaban J connectivity index is 3.17. The molecule has 0 saturated carbocycles. The number of hydrogen-bond acceptors (Lipinski definition) is 1. The largest absolute Gasteiger partial charge is 0.282 e. The maximum atomic E-state index is 10.8. The van der Waals surface area contributed by atoms with Crippen LogP contribution in [0.15, 0.2) is 0 Å². The molecule has 0 bridgehead atoms. The molecule has 0 aromatic heterocycles. The predicted molar refractivity (Wildman–Crippen MR) is 33.1 cm³/mol. The average Bonchev–Trinajstić information content (AvgIpc) is 1.67. The first-order valence-corrected chi connectivity index (χ1v) is 3.00. The van der Waals surface area contributed by atoms with Crippen LogP contribution in [-0.4, -0.2) is 25.2 Å². The molecule has 0 aliphatic carbocycles. The van der Waals surface area contributed by atoms with Crippen molar-refractivity contribution in [1.29, 1.82) is 0 Å². The normalized spacial score (nSPS) is 14.6. The zero-order chi connectivity index (χ0) is 6.57. The van der Waals surface area contributed by atoms with Crippen molar-refractivity contribution in [3.63, 3.8) is 0 Å². The summed E-state index contributed by atoms with van der Waals surface area (Å²) in [5.41, 5.74) is 0. The SMILES string of the molecule is CCCC([O])N(C)C. The Kier molecular flexibility index (Phi) is 3.83. The van der Waals surface area contributed by atoms with Gasteiger partial charge in [-0.2, -0.15) is 0 Å². The van der Waals surface area contributed by atoms with Crippen LogP contribution in [0.1, 0.15) is 19.8 Å². The van der Waals surface area contributed by atoms with Gasteiger partial charge in [0.1, 0.15) is 6.23 Å². The zero-order valence-electron chi connectivity index (χ0n) is 5.85. The monoisotopic (exact) mass is 116 g/mol. The highest BCUT2D eigenvalue weighted by atomic mass is 16.3. The zero-order valence-corrected chi connectivity index (χ0v) is 5.85. The molecule has 1 atom stereocenters. The van der Waals surface area contributed by atoms with E-state index >= 15 is 0 Å². The Labute approximate surface area is 51.1 Å². The van der Waals surface area contributed by atoms with Gasteiger partial charge in [0.25, 0.3) is 0 Å². The lowest BCUT2D eigenvalue weighted by Crippen LogP contribution is -2.25. The van der Waals surface area contributed by atoms with Gasteiger partial charge in [-0.3, -0.25) is 4.90 Å². The van der Waals surface area contributed by atoms with Crippen molar-refractivity contribution >= 4 is 0 Å². The second-order valence-corrected chi connectivity index (χ2v) is 2.21. The van der Waals surface area contributed by atoms with Crippen molar-refractivity contribution in [3.05, 3.63) is 0 Å². The van der Waals surface area contributed by atoms with Gasteiger partial charge >= 0.3 is 0 Å². The summed E-state index contributed by atoms with van der Waals surface area (Å²) in [4.78, 5) is 1.70. The summed E-state index contributed by atoms with van der Waals surface area (Å²) >= 11 is 0. The van der Waals surface area contributed by atoms with E-state index in [1.54, 1.807) is 4.90 Å². The minimum absolute atomic E-state index is 0.500. The Morgan fingerprint density at radius 1 is 1.50 bits per heavy atom. The average molecular weight is 116 g/mol.